The third-order valence-electron chi connectivity index (χ3n) is 3.23. The average molecular weight is 249 g/mol. The highest BCUT2D eigenvalue weighted by atomic mass is 32.2. The first-order valence-corrected chi connectivity index (χ1v) is 7.39. The maximum absolute atomic E-state index is 12.4. The molecule has 1 fully saturated rings. The van der Waals surface area contributed by atoms with Crippen molar-refractivity contribution < 1.29 is 4.79 Å². The minimum atomic E-state index is 0.0679. The van der Waals surface area contributed by atoms with Gasteiger partial charge in [-0.3, -0.25) is 9.69 Å². The molecule has 0 aromatic heterocycles. The molecule has 0 saturated carbocycles. The molecule has 92 valence electrons. The standard InChI is InChI=1S/C14H19NOS/c1-2-13(15-8-10-17-11-9-15)14(16)12-6-4-3-5-7-12/h3-7,13H,2,8-11H2,1H3. The molecule has 0 amide bonds. The van der Waals surface area contributed by atoms with Crippen LogP contribution in [0.3, 0.4) is 0 Å². The molecule has 1 aliphatic rings. The molecule has 1 unspecified atom stereocenters. The van der Waals surface area contributed by atoms with Gasteiger partial charge in [0.25, 0.3) is 0 Å². The van der Waals surface area contributed by atoms with Crippen molar-refractivity contribution in [2.45, 2.75) is 19.4 Å². The van der Waals surface area contributed by atoms with Crippen molar-refractivity contribution in [1.82, 2.24) is 4.90 Å². The lowest BCUT2D eigenvalue weighted by atomic mass is 10.0. The van der Waals surface area contributed by atoms with E-state index in [0.29, 0.717) is 0 Å². The van der Waals surface area contributed by atoms with Crippen LogP contribution in [0.25, 0.3) is 0 Å². The minimum absolute atomic E-state index is 0.0679. The van der Waals surface area contributed by atoms with E-state index in [2.05, 4.69) is 11.8 Å². The van der Waals surface area contributed by atoms with E-state index >= 15 is 0 Å². The van der Waals surface area contributed by atoms with Gasteiger partial charge in [0.2, 0.25) is 0 Å². The van der Waals surface area contributed by atoms with Crippen molar-refractivity contribution >= 4 is 17.5 Å². The maximum Gasteiger partial charge on any atom is 0.179 e. The van der Waals surface area contributed by atoms with Crippen molar-refractivity contribution in [3.05, 3.63) is 35.9 Å². The quantitative estimate of drug-likeness (QED) is 0.765. The van der Waals surface area contributed by atoms with Crippen molar-refractivity contribution in [3.8, 4) is 0 Å². The van der Waals surface area contributed by atoms with Crippen LogP contribution >= 0.6 is 11.8 Å². The highest BCUT2D eigenvalue weighted by molar-refractivity contribution is 7.99. The number of hydrogen-bond donors (Lipinski definition) is 0. The maximum atomic E-state index is 12.4. The zero-order chi connectivity index (χ0) is 12.1. The Bertz CT molecular complexity index is 360. The Kier molecular flexibility index (Phi) is 4.63. The second kappa shape index (κ2) is 6.22. The Morgan fingerprint density at radius 1 is 1.29 bits per heavy atom. The highest BCUT2D eigenvalue weighted by Crippen LogP contribution is 2.17. The summed E-state index contributed by atoms with van der Waals surface area (Å²) in [4.78, 5) is 14.8. The van der Waals surface area contributed by atoms with Crippen molar-refractivity contribution in [2.75, 3.05) is 24.6 Å². The normalized spacial score (nSPS) is 18.9. The number of carbonyl (C=O) groups excluding carboxylic acids is 1. The number of benzene rings is 1. The number of ketones is 1. The third kappa shape index (κ3) is 3.11. The van der Waals surface area contributed by atoms with E-state index in [1.807, 2.05) is 42.1 Å². The molecular formula is C14H19NOS. The van der Waals surface area contributed by atoms with Gasteiger partial charge in [-0.2, -0.15) is 11.8 Å². The van der Waals surface area contributed by atoms with Gasteiger partial charge in [-0.05, 0) is 6.42 Å². The van der Waals surface area contributed by atoms with Crippen LogP contribution in [-0.4, -0.2) is 41.3 Å². The van der Waals surface area contributed by atoms with Crippen LogP contribution in [0.15, 0.2) is 30.3 Å². The van der Waals surface area contributed by atoms with Gasteiger partial charge < -0.3 is 0 Å². The van der Waals surface area contributed by atoms with E-state index in [-0.39, 0.29) is 11.8 Å². The van der Waals surface area contributed by atoms with Crippen LogP contribution in [-0.2, 0) is 0 Å². The molecule has 17 heavy (non-hydrogen) atoms. The van der Waals surface area contributed by atoms with Gasteiger partial charge in [-0.1, -0.05) is 37.3 Å². The smallest absolute Gasteiger partial charge is 0.179 e. The summed E-state index contributed by atoms with van der Waals surface area (Å²) in [5, 5.41) is 0. The number of hydrogen-bond acceptors (Lipinski definition) is 3. The fourth-order valence-electron chi connectivity index (χ4n) is 2.29. The fourth-order valence-corrected chi connectivity index (χ4v) is 3.22. The van der Waals surface area contributed by atoms with Gasteiger partial charge in [0.15, 0.2) is 5.78 Å². The molecule has 0 bridgehead atoms. The second-order valence-corrected chi connectivity index (χ2v) is 5.53. The Labute approximate surface area is 107 Å². The van der Waals surface area contributed by atoms with Crippen molar-refractivity contribution in [1.29, 1.82) is 0 Å². The summed E-state index contributed by atoms with van der Waals surface area (Å²) in [5.74, 6) is 2.58. The Balaban J connectivity index is 2.09. The average Bonchev–Trinajstić information content (AvgIpc) is 2.42. The van der Waals surface area contributed by atoms with Crippen molar-refractivity contribution in [3.63, 3.8) is 0 Å². The molecule has 0 spiro atoms. The van der Waals surface area contributed by atoms with Gasteiger partial charge in [0.1, 0.15) is 0 Å². The summed E-state index contributed by atoms with van der Waals surface area (Å²) >= 11 is 1.98. The van der Waals surface area contributed by atoms with E-state index in [1.54, 1.807) is 0 Å². The van der Waals surface area contributed by atoms with Crippen LogP contribution in [0.5, 0.6) is 0 Å². The lowest BCUT2D eigenvalue weighted by Crippen LogP contribution is -2.45. The number of carbonyl (C=O) groups is 1. The minimum Gasteiger partial charge on any atom is -0.292 e. The van der Waals surface area contributed by atoms with Crippen LogP contribution in [0.1, 0.15) is 23.7 Å². The zero-order valence-electron chi connectivity index (χ0n) is 10.3. The molecular weight excluding hydrogens is 230 g/mol. The molecule has 1 atom stereocenters. The summed E-state index contributed by atoms with van der Waals surface area (Å²) in [7, 11) is 0. The number of rotatable bonds is 4. The SMILES string of the molecule is CCC(C(=O)c1ccccc1)N1CCSCC1. The Hall–Kier alpha value is -0.800. The number of Topliss-reactive ketones (excluding diaryl/α,β-unsaturated/α-hetero) is 1. The van der Waals surface area contributed by atoms with Gasteiger partial charge in [0, 0.05) is 30.2 Å². The first-order chi connectivity index (χ1) is 8.33. The summed E-state index contributed by atoms with van der Waals surface area (Å²) in [5.41, 5.74) is 0.845. The number of nitrogens with zero attached hydrogens (tertiary/aromatic N) is 1. The lowest BCUT2D eigenvalue weighted by Gasteiger charge is -2.32. The molecule has 2 nitrogen and oxygen atoms in total. The first-order valence-electron chi connectivity index (χ1n) is 6.24. The topological polar surface area (TPSA) is 20.3 Å². The summed E-state index contributed by atoms with van der Waals surface area (Å²) < 4.78 is 0. The molecule has 1 aromatic rings. The van der Waals surface area contributed by atoms with E-state index in [9.17, 15) is 4.79 Å². The van der Waals surface area contributed by atoms with Crippen molar-refractivity contribution in [2.24, 2.45) is 0 Å². The summed E-state index contributed by atoms with van der Waals surface area (Å²) in [6, 6.07) is 9.74. The molecule has 3 heteroatoms. The predicted molar refractivity (Wildman–Crippen MR) is 73.7 cm³/mol. The summed E-state index contributed by atoms with van der Waals surface area (Å²) in [6.45, 7) is 4.19. The molecule has 1 aromatic carbocycles. The summed E-state index contributed by atoms with van der Waals surface area (Å²) in [6.07, 6.45) is 0.901. The zero-order valence-corrected chi connectivity index (χ0v) is 11.1. The third-order valence-corrected chi connectivity index (χ3v) is 4.18. The van der Waals surface area contributed by atoms with Crippen LogP contribution in [0.2, 0.25) is 0 Å². The Morgan fingerprint density at radius 2 is 1.94 bits per heavy atom. The molecule has 0 N–H and O–H groups in total. The first kappa shape index (κ1) is 12.7. The highest BCUT2D eigenvalue weighted by Gasteiger charge is 2.26. The Morgan fingerprint density at radius 3 is 2.53 bits per heavy atom. The molecule has 1 saturated heterocycles. The largest absolute Gasteiger partial charge is 0.292 e. The van der Waals surface area contributed by atoms with E-state index < -0.39 is 0 Å². The van der Waals surface area contributed by atoms with Gasteiger partial charge in [-0.25, -0.2) is 0 Å². The van der Waals surface area contributed by atoms with Gasteiger partial charge in [0.05, 0.1) is 6.04 Å². The van der Waals surface area contributed by atoms with Gasteiger partial charge in [-0.15, -0.1) is 0 Å². The fraction of sp³-hybridized carbons (Fsp3) is 0.500. The van der Waals surface area contributed by atoms with E-state index in [4.69, 9.17) is 0 Å². The van der Waals surface area contributed by atoms with Crippen LogP contribution < -0.4 is 0 Å². The second-order valence-electron chi connectivity index (χ2n) is 4.30. The molecule has 0 aliphatic carbocycles. The van der Waals surface area contributed by atoms with Crippen LogP contribution in [0, 0.1) is 0 Å². The molecule has 2 rings (SSSR count). The molecule has 0 radical (unpaired) electrons. The lowest BCUT2D eigenvalue weighted by molar-refractivity contribution is 0.0826. The monoisotopic (exact) mass is 249 g/mol. The van der Waals surface area contributed by atoms with Gasteiger partial charge >= 0.3 is 0 Å². The molecule has 1 heterocycles. The molecule has 1 aliphatic heterocycles. The number of thioether (sulfide) groups is 1. The van der Waals surface area contributed by atoms with Crippen LogP contribution in [0.4, 0.5) is 0 Å². The predicted octanol–water partition coefficient (Wildman–Crippen LogP) is 2.70. The van der Waals surface area contributed by atoms with E-state index in [1.165, 1.54) is 0 Å². The van der Waals surface area contributed by atoms with E-state index in [0.717, 1.165) is 36.6 Å².